The fourth-order valence-corrected chi connectivity index (χ4v) is 4.45. The molecule has 1 aliphatic rings. The van der Waals surface area contributed by atoms with Crippen LogP contribution in [-0.4, -0.2) is 32.6 Å². The van der Waals surface area contributed by atoms with Gasteiger partial charge >= 0.3 is 5.97 Å². The van der Waals surface area contributed by atoms with Gasteiger partial charge in [-0.2, -0.15) is 0 Å². The second-order valence-electron chi connectivity index (χ2n) is 7.61. The topological polar surface area (TPSA) is 80.0 Å². The first-order valence-corrected chi connectivity index (χ1v) is 9.87. The first-order valence-electron chi connectivity index (χ1n) is 9.87. The van der Waals surface area contributed by atoms with Crippen LogP contribution in [0.5, 0.6) is 0 Å². The maximum atomic E-state index is 11.7. The van der Waals surface area contributed by atoms with Gasteiger partial charge in [-0.1, -0.05) is 23.4 Å². The summed E-state index contributed by atoms with van der Waals surface area (Å²) in [6.07, 6.45) is 1.08. The van der Waals surface area contributed by atoms with Gasteiger partial charge in [0.2, 0.25) is 0 Å². The lowest BCUT2D eigenvalue weighted by Crippen LogP contribution is -2.25. The molecule has 0 fully saturated rings. The number of carboxylic acids is 1. The van der Waals surface area contributed by atoms with Crippen LogP contribution in [0.1, 0.15) is 52.6 Å². The zero-order valence-electron chi connectivity index (χ0n) is 16.6. The number of carbonyl (C=O) groups is 1. The number of carboxylic acid groups (broad SMARTS) is 1. The quantitative estimate of drug-likeness (QED) is 0.712. The van der Waals surface area contributed by atoms with E-state index < -0.39 is 5.97 Å². The van der Waals surface area contributed by atoms with Crippen molar-refractivity contribution in [2.45, 2.75) is 52.6 Å². The Kier molecular flexibility index (Phi) is 4.89. The predicted octanol–water partition coefficient (Wildman–Crippen LogP) is 3.32. The zero-order chi connectivity index (χ0) is 19.8. The van der Waals surface area contributed by atoms with E-state index in [1.54, 1.807) is 0 Å². The van der Waals surface area contributed by atoms with Gasteiger partial charge in [0.05, 0.1) is 11.9 Å². The number of aliphatic carboxylic acids is 1. The number of rotatable bonds is 5. The number of hydrogen-bond acceptors (Lipinski definition) is 4. The molecule has 1 aromatic heterocycles. The number of fused-ring (bicyclic) bond motifs is 2. The average Bonchev–Trinajstić information content (AvgIpc) is 3.10. The van der Waals surface area contributed by atoms with E-state index in [1.807, 2.05) is 30.7 Å². The van der Waals surface area contributed by atoms with Crippen LogP contribution in [0.3, 0.4) is 0 Å². The molecule has 2 N–H and O–H groups in total. The molecule has 0 aliphatic carbocycles. The number of aryl methyl sites for hydroxylation is 3. The first-order chi connectivity index (χ1) is 13.5. The van der Waals surface area contributed by atoms with Crippen molar-refractivity contribution < 1.29 is 9.90 Å². The smallest absolute Gasteiger partial charge is 0.304 e. The maximum Gasteiger partial charge on any atom is 0.304 e. The van der Waals surface area contributed by atoms with E-state index in [4.69, 9.17) is 0 Å². The van der Waals surface area contributed by atoms with Gasteiger partial charge in [-0.3, -0.25) is 4.79 Å². The fraction of sp³-hybridized carbons (Fsp3) is 0.409. The van der Waals surface area contributed by atoms with Crippen LogP contribution in [-0.2, 0) is 24.3 Å². The second-order valence-corrected chi connectivity index (χ2v) is 7.61. The molecule has 0 spiro atoms. The molecule has 3 aromatic rings. The fourth-order valence-electron chi connectivity index (χ4n) is 4.45. The lowest BCUT2D eigenvalue weighted by Gasteiger charge is -2.24. The molecule has 1 aliphatic heterocycles. The lowest BCUT2D eigenvalue weighted by molar-refractivity contribution is -0.137. The number of nitrogens with zero attached hydrogens (tertiary/aromatic N) is 3. The number of benzene rings is 2. The second kappa shape index (κ2) is 7.36. The lowest BCUT2D eigenvalue weighted by atomic mass is 9.82. The predicted molar refractivity (Wildman–Crippen MR) is 109 cm³/mol. The molecule has 0 radical (unpaired) electrons. The van der Waals surface area contributed by atoms with E-state index in [1.165, 1.54) is 16.7 Å². The summed E-state index contributed by atoms with van der Waals surface area (Å²) in [6, 6.07) is 8.43. The van der Waals surface area contributed by atoms with Crippen LogP contribution in [0.4, 0.5) is 0 Å². The minimum absolute atomic E-state index is 0.0555. The summed E-state index contributed by atoms with van der Waals surface area (Å²) in [6.45, 7) is 8.78. The van der Waals surface area contributed by atoms with E-state index in [0.717, 1.165) is 53.8 Å². The van der Waals surface area contributed by atoms with Crippen molar-refractivity contribution in [1.29, 1.82) is 0 Å². The first kappa shape index (κ1) is 18.6. The van der Waals surface area contributed by atoms with E-state index in [9.17, 15) is 9.90 Å². The largest absolute Gasteiger partial charge is 0.481 e. The summed E-state index contributed by atoms with van der Waals surface area (Å²) in [5.74, 6) is -1.00. The van der Waals surface area contributed by atoms with Crippen molar-refractivity contribution in [2.24, 2.45) is 0 Å². The highest BCUT2D eigenvalue weighted by Crippen LogP contribution is 2.35. The van der Waals surface area contributed by atoms with Gasteiger partial charge in [-0.15, -0.1) is 5.10 Å². The van der Waals surface area contributed by atoms with Crippen molar-refractivity contribution in [3.05, 3.63) is 57.6 Å². The van der Waals surface area contributed by atoms with Crippen LogP contribution in [0.2, 0.25) is 0 Å². The summed E-state index contributed by atoms with van der Waals surface area (Å²) in [4.78, 5) is 11.7. The van der Waals surface area contributed by atoms with E-state index in [2.05, 4.69) is 34.7 Å². The highest BCUT2D eigenvalue weighted by atomic mass is 16.4. The number of hydrogen-bond donors (Lipinski definition) is 2. The monoisotopic (exact) mass is 378 g/mol. The molecule has 146 valence electrons. The van der Waals surface area contributed by atoms with Gasteiger partial charge < -0.3 is 10.4 Å². The third-order valence-electron chi connectivity index (χ3n) is 5.89. The minimum atomic E-state index is -0.796. The molecule has 4 rings (SSSR count). The van der Waals surface area contributed by atoms with Crippen LogP contribution < -0.4 is 5.32 Å². The number of nitrogens with one attached hydrogen (secondary N) is 1. The molecule has 1 atom stereocenters. The van der Waals surface area contributed by atoms with Gasteiger partial charge in [0, 0.05) is 19.0 Å². The third kappa shape index (κ3) is 3.18. The summed E-state index contributed by atoms with van der Waals surface area (Å²) < 4.78 is 1.87. The van der Waals surface area contributed by atoms with Crippen molar-refractivity contribution in [1.82, 2.24) is 20.3 Å². The highest BCUT2D eigenvalue weighted by Gasteiger charge is 2.24. The van der Waals surface area contributed by atoms with Gasteiger partial charge in [0.1, 0.15) is 5.52 Å². The zero-order valence-corrected chi connectivity index (χ0v) is 16.6. The Morgan fingerprint density at radius 1 is 1.32 bits per heavy atom. The van der Waals surface area contributed by atoms with Crippen molar-refractivity contribution >= 4 is 17.0 Å². The molecule has 0 saturated carbocycles. The highest BCUT2D eigenvalue weighted by molar-refractivity contribution is 5.80. The Morgan fingerprint density at radius 2 is 2.14 bits per heavy atom. The molecular formula is C22H26N4O2. The Balaban J connectivity index is 1.85. The average molecular weight is 378 g/mol. The van der Waals surface area contributed by atoms with Gasteiger partial charge in [0.25, 0.3) is 0 Å². The molecule has 0 saturated heterocycles. The molecule has 0 amide bonds. The van der Waals surface area contributed by atoms with Crippen molar-refractivity contribution in [2.75, 3.05) is 6.54 Å². The SMILES string of the molecule is CCn1nnc2c(C)c(C(CC(=O)O)c3cc(C)c4c(c3)CNCC4)ccc21. The molecular weight excluding hydrogens is 352 g/mol. The van der Waals surface area contributed by atoms with Crippen LogP contribution in [0, 0.1) is 13.8 Å². The van der Waals surface area contributed by atoms with Gasteiger partial charge in [-0.05, 0) is 73.2 Å². The van der Waals surface area contributed by atoms with Crippen molar-refractivity contribution in [3.8, 4) is 0 Å². The number of aromatic nitrogens is 3. The summed E-state index contributed by atoms with van der Waals surface area (Å²) in [5.41, 5.74) is 8.86. The summed E-state index contributed by atoms with van der Waals surface area (Å²) >= 11 is 0. The van der Waals surface area contributed by atoms with Gasteiger partial charge in [-0.25, -0.2) is 4.68 Å². The molecule has 2 heterocycles. The Labute approximate surface area is 164 Å². The summed E-state index contributed by atoms with van der Waals surface area (Å²) in [7, 11) is 0. The molecule has 28 heavy (non-hydrogen) atoms. The maximum absolute atomic E-state index is 11.7. The normalized spacial score (nSPS) is 14.8. The summed E-state index contributed by atoms with van der Waals surface area (Å²) in [5, 5.41) is 21.6. The van der Waals surface area contributed by atoms with E-state index >= 15 is 0 Å². The molecule has 0 bridgehead atoms. The Bertz CT molecular complexity index is 1050. The third-order valence-corrected chi connectivity index (χ3v) is 5.89. The molecule has 1 unspecified atom stereocenters. The molecule has 2 aromatic carbocycles. The molecule has 6 nitrogen and oxygen atoms in total. The van der Waals surface area contributed by atoms with Crippen molar-refractivity contribution in [3.63, 3.8) is 0 Å². The molecule has 6 heteroatoms. The van der Waals surface area contributed by atoms with Crippen LogP contribution >= 0.6 is 0 Å². The van der Waals surface area contributed by atoms with Crippen LogP contribution in [0.25, 0.3) is 11.0 Å². The van der Waals surface area contributed by atoms with Gasteiger partial charge in [0.15, 0.2) is 0 Å². The standard InChI is InChI=1S/C22H26N4O2/c1-4-26-20-6-5-18(14(3)22(20)24-25-26)19(11-21(27)28)15-9-13(2)17-7-8-23-12-16(17)10-15/h5-6,9-10,19,23H,4,7-8,11-12H2,1-3H3,(H,27,28). The van der Waals surface area contributed by atoms with Crippen LogP contribution in [0.15, 0.2) is 24.3 Å². The van der Waals surface area contributed by atoms with E-state index in [0.29, 0.717) is 0 Å². The van der Waals surface area contributed by atoms with E-state index in [-0.39, 0.29) is 12.3 Å². The Morgan fingerprint density at radius 3 is 2.89 bits per heavy atom. The minimum Gasteiger partial charge on any atom is -0.481 e. The Hall–Kier alpha value is -2.73.